The maximum Gasteiger partial charge on any atom is 0.366 e. The lowest BCUT2D eigenvalue weighted by Gasteiger charge is -2.21. The van der Waals surface area contributed by atoms with Crippen LogP contribution in [0.2, 0.25) is 0 Å². The summed E-state index contributed by atoms with van der Waals surface area (Å²) in [7, 11) is 5.92. The first-order valence-corrected chi connectivity index (χ1v) is 16.4. The zero-order valence-electron chi connectivity index (χ0n) is 22.8. The van der Waals surface area contributed by atoms with E-state index in [0.29, 0.717) is 23.0 Å². The summed E-state index contributed by atoms with van der Waals surface area (Å²) < 4.78 is 10.4. The van der Waals surface area contributed by atoms with Crippen molar-refractivity contribution < 1.29 is 40.1 Å². The molecule has 0 aromatic carbocycles. The van der Waals surface area contributed by atoms with Crippen LogP contribution in [0.4, 0.5) is 0 Å². The van der Waals surface area contributed by atoms with Crippen LogP contribution in [0.25, 0.3) is 0 Å². The van der Waals surface area contributed by atoms with Crippen LogP contribution in [0, 0.1) is 0 Å². The van der Waals surface area contributed by atoms with E-state index >= 15 is 0 Å². The van der Waals surface area contributed by atoms with Crippen LogP contribution in [0.15, 0.2) is 0 Å². The molecular weight excluding hydrogens is 545 g/mol. The molecule has 0 fully saturated rings. The number of ketones is 2. The topological polar surface area (TPSA) is 194 Å². The molecule has 0 rings (SSSR count). The van der Waals surface area contributed by atoms with E-state index < -0.39 is 29.3 Å². The average Bonchev–Trinajstić information content (AvgIpc) is 2.71. The fourth-order valence-corrected chi connectivity index (χ4v) is 6.40. The highest BCUT2D eigenvalue weighted by molar-refractivity contribution is 8.77. The molecule has 0 bridgehead atoms. The summed E-state index contributed by atoms with van der Waals surface area (Å²) >= 11 is 0. The number of esters is 2. The van der Waals surface area contributed by atoms with Gasteiger partial charge in [-0.1, -0.05) is 43.2 Å². The van der Waals surface area contributed by atoms with Gasteiger partial charge in [0.2, 0.25) is 0 Å². The van der Waals surface area contributed by atoms with Gasteiger partial charge in [0, 0.05) is 18.4 Å². The zero-order valence-corrected chi connectivity index (χ0v) is 26.1. The molecule has 0 aromatic heterocycles. The van der Waals surface area contributed by atoms with Crippen molar-refractivity contribution in [2.75, 3.05) is 23.0 Å². The molecule has 36 heavy (non-hydrogen) atoms. The van der Waals surface area contributed by atoms with Gasteiger partial charge in [-0.3, -0.25) is 14.4 Å². The summed E-state index contributed by atoms with van der Waals surface area (Å²) in [6.45, 7) is 13.9. The van der Waals surface area contributed by atoms with Crippen LogP contribution >= 0.6 is 43.2 Å². The average molecular weight is 591 g/mol. The molecule has 0 saturated carbocycles. The quantitative estimate of drug-likeness (QED) is 0.124. The Hall–Kier alpha value is -0.480. The SMILES string of the molecule is CC(=O)[C@@H](N)CSSC[C@H](N)C(=O)OC(C)(C)C.CC(=O)[C@@H]([NH3+])CSSC[C@H]([NH3+])C(=O)OC(C)(C)C. The van der Waals surface area contributed by atoms with E-state index in [2.05, 4.69) is 11.5 Å². The zero-order chi connectivity index (χ0) is 28.7. The highest BCUT2D eigenvalue weighted by Gasteiger charge is 2.25. The summed E-state index contributed by atoms with van der Waals surface area (Å²) in [5, 5.41) is 0. The Labute approximate surface area is 231 Å². The van der Waals surface area contributed by atoms with Gasteiger partial charge in [0.1, 0.15) is 23.0 Å². The second-order valence-corrected chi connectivity index (χ2v) is 15.1. The monoisotopic (exact) mass is 590 g/mol. The van der Waals surface area contributed by atoms with Gasteiger partial charge in [0.05, 0.1) is 17.5 Å². The van der Waals surface area contributed by atoms with E-state index in [-0.39, 0.29) is 29.6 Å². The summed E-state index contributed by atoms with van der Waals surface area (Å²) in [6, 6.07) is -1.69. The molecule has 10 nitrogen and oxygen atoms in total. The Kier molecular flexibility index (Phi) is 19.6. The maximum absolute atomic E-state index is 11.6. The Balaban J connectivity index is 0. The second kappa shape index (κ2) is 18.7. The van der Waals surface area contributed by atoms with Crippen LogP contribution < -0.4 is 22.9 Å². The van der Waals surface area contributed by atoms with Gasteiger partial charge in [-0.05, 0) is 48.5 Å². The Morgan fingerprint density at radius 3 is 1.39 bits per heavy atom. The first kappa shape index (κ1) is 37.7. The summed E-state index contributed by atoms with van der Waals surface area (Å²) in [6.07, 6.45) is 0. The molecule has 212 valence electrons. The number of Topliss-reactive ketones (excluding diaryl/α,β-unsaturated/α-hetero) is 2. The molecule has 0 saturated heterocycles. The number of carbonyl (C=O) groups excluding carboxylic acids is 4. The third-order valence-electron chi connectivity index (χ3n) is 3.75. The molecule has 0 aliphatic heterocycles. The third-order valence-corrected chi connectivity index (χ3v) is 8.78. The van der Waals surface area contributed by atoms with Gasteiger partial charge in [-0.25, -0.2) is 4.79 Å². The van der Waals surface area contributed by atoms with E-state index in [1.54, 1.807) is 20.8 Å². The van der Waals surface area contributed by atoms with E-state index in [1.807, 2.05) is 20.8 Å². The first-order chi connectivity index (χ1) is 16.3. The van der Waals surface area contributed by atoms with Gasteiger partial charge < -0.3 is 32.4 Å². The van der Waals surface area contributed by atoms with Gasteiger partial charge in [-0.15, -0.1) is 0 Å². The molecule has 0 aromatic rings. The van der Waals surface area contributed by atoms with E-state index in [9.17, 15) is 19.2 Å². The normalized spacial score (nSPS) is 15.0. The fourth-order valence-electron chi connectivity index (χ4n) is 1.64. The smallest absolute Gasteiger partial charge is 0.366 e. The van der Waals surface area contributed by atoms with Crippen molar-refractivity contribution in [3.63, 3.8) is 0 Å². The minimum Gasteiger partial charge on any atom is -0.459 e. The first-order valence-electron chi connectivity index (χ1n) is 11.4. The van der Waals surface area contributed by atoms with Gasteiger partial charge >= 0.3 is 11.9 Å². The maximum atomic E-state index is 11.6. The molecule has 0 unspecified atom stereocenters. The summed E-state index contributed by atoms with van der Waals surface area (Å²) in [4.78, 5) is 45.0. The lowest BCUT2D eigenvalue weighted by Crippen LogP contribution is -2.67. The number of carbonyl (C=O) groups is 4. The predicted octanol–water partition coefficient (Wildman–Crippen LogP) is 0.473. The third kappa shape index (κ3) is 22.7. The summed E-state index contributed by atoms with van der Waals surface area (Å²) in [5.41, 5.74) is 17.8. The number of ether oxygens (including phenoxy) is 2. The standard InChI is InChI=1S/2C11H22N2O3S2/c2*1-7(14)8(12)5-17-18-6-9(13)10(15)16-11(2,3)4/h2*8-9H,5-6,12-13H2,1-4H3/p+2/t2*8-,9-/m00/s1. The van der Waals surface area contributed by atoms with Crippen LogP contribution in [-0.4, -0.2) is 81.9 Å². The lowest BCUT2D eigenvalue weighted by molar-refractivity contribution is -0.402. The molecule has 0 amide bonds. The van der Waals surface area contributed by atoms with Crippen LogP contribution in [0.3, 0.4) is 0 Å². The molecule has 0 aliphatic carbocycles. The van der Waals surface area contributed by atoms with Gasteiger partial charge in [0.15, 0.2) is 17.9 Å². The highest BCUT2D eigenvalue weighted by Crippen LogP contribution is 2.23. The van der Waals surface area contributed by atoms with Crippen molar-refractivity contribution in [3.05, 3.63) is 0 Å². The van der Waals surface area contributed by atoms with Crippen LogP contribution in [0.5, 0.6) is 0 Å². The molecule has 14 heteroatoms. The van der Waals surface area contributed by atoms with E-state index in [1.165, 1.54) is 57.0 Å². The van der Waals surface area contributed by atoms with Crippen LogP contribution in [0.1, 0.15) is 55.4 Å². The van der Waals surface area contributed by atoms with Gasteiger partial charge in [-0.2, -0.15) is 0 Å². The Morgan fingerprint density at radius 2 is 1.00 bits per heavy atom. The van der Waals surface area contributed by atoms with Crippen molar-refractivity contribution in [2.24, 2.45) is 11.5 Å². The Morgan fingerprint density at radius 1 is 0.639 bits per heavy atom. The minimum atomic E-state index is -0.657. The number of rotatable bonds is 14. The van der Waals surface area contributed by atoms with Gasteiger partial charge in [0.25, 0.3) is 0 Å². The van der Waals surface area contributed by atoms with Crippen molar-refractivity contribution in [2.45, 2.75) is 90.8 Å². The minimum absolute atomic E-state index is 0.0421. The molecule has 4 atom stereocenters. The Bertz CT molecular complexity index is 643. The molecule has 0 heterocycles. The largest absolute Gasteiger partial charge is 0.459 e. The molecular formula is C22H46N4O6S4+2. The van der Waals surface area contributed by atoms with E-state index in [4.69, 9.17) is 20.9 Å². The van der Waals surface area contributed by atoms with Crippen molar-refractivity contribution in [3.8, 4) is 0 Å². The highest BCUT2D eigenvalue weighted by atomic mass is 33.1. The van der Waals surface area contributed by atoms with Crippen LogP contribution in [-0.2, 0) is 28.7 Å². The molecule has 0 radical (unpaired) electrons. The van der Waals surface area contributed by atoms with Crippen molar-refractivity contribution >= 4 is 66.7 Å². The summed E-state index contributed by atoms with van der Waals surface area (Å²) in [5.74, 6) is 1.52. The number of nitrogens with two attached hydrogens (primary N) is 2. The number of hydrogen-bond acceptors (Lipinski definition) is 12. The molecule has 10 N–H and O–H groups in total. The second-order valence-electron chi connectivity index (χ2n) is 10.0. The number of hydrogen-bond donors (Lipinski definition) is 4. The predicted molar refractivity (Wildman–Crippen MR) is 152 cm³/mol. The fraction of sp³-hybridized carbons (Fsp3) is 0.818. The lowest BCUT2D eigenvalue weighted by atomic mass is 10.2. The molecule has 0 aliphatic rings. The van der Waals surface area contributed by atoms with Crippen molar-refractivity contribution in [1.82, 2.24) is 0 Å². The van der Waals surface area contributed by atoms with Crippen molar-refractivity contribution in [1.29, 1.82) is 0 Å². The number of quaternary nitrogens is 2. The molecule has 0 spiro atoms. The van der Waals surface area contributed by atoms with E-state index in [0.717, 1.165) is 0 Å².